The average Bonchev–Trinajstić information content (AvgIpc) is 3.21. The molecule has 0 atom stereocenters. The highest BCUT2D eigenvalue weighted by Crippen LogP contribution is 2.25. The number of fused-ring (bicyclic) bond motifs is 2. The lowest BCUT2D eigenvalue weighted by atomic mass is 10.1. The van der Waals surface area contributed by atoms with Crippen LogP contribution in [0.4, 0.5) is 10.1 Å². The van der Waals surface area contributed by atoms with Gasteiger partial charge in [0.25, 0.3) is 5.91 Å². The van der Waals surface area contributed by atoms with Gasteiger partial charge in [-0.1, -0.05) is 42.5 Å². The third-order valence-corrected chi connectivity index (χ3v) is 5.47. The van der Waals surface area contributed by atoms with Gasteiger partial charge >= 0.3 is 0 Å². The molecular weight excluding hydrogens is 437 g/mol. The number of benzene rings is 4. The monoisotopic (exact) mass is 455 g/mol. The van der Waals surface area contributed by atoms with Gasteiger partial charge in [-0.25, -0.2) is 4.39 Å². The molecule has 0 bridgehead atoms. The first-order valence-electron chi connectivity index (χ1n) is 10.2. The number of nitrogens with zero attached hydrogens (tertiary/aromatic N) is 3. The summed E-state index contributed by atoms with van der Waals surface area (Å²) in [6.07, 6.45) is 0. The third-order valence-electron chi connectivity index (χ3n) is 5.27. The van der Waals surface area contributed by atoms with Crippen LogP contribution in [-0.4, -0.2) is 26.0 Å². The van der Waals surface area contributed by atoms with Crippen molar-refractivity contribution in [1.29, 1.82) is 0 Å². The fourth-order valence-corrected chi connectivity index (χ4v) is 3.85. The van der Waals surface area contributed by atoms with E-state index in [0.717, 1.165) is 33.6 Å². The second-order valence-electron chi connectivity index (χ2n) is 7.56. The number of rotatable bonds is 3. The van der Waals surface area contributed by atoms with Gasteiger partial charge in [0.15, 0.2) is 5.11 Å². The van der Waals surface area contributed by atoms with Gasteiger partial charge in [0.1, 0.15) is 16.9 Å². The van der Waals surface area contributed by atoms with E-state index in [1.807, 2.05) is 61.5 Å². The minimum absolute atomic E-state index is 0.105. The van der Waals surface area contributed by atoms with Crippen molar-refractivity contribution in [2.45, 2.75) is 6.92 Å². The molecule has 0 saturated carbocycles. The van der Waals surface area contributed by atoms with Crippen molar-refractivity contribution in [3.8, 4) is 5.69 Å². The van der Waals surface area contributed by atoms with Crippen molar-refractivity contribution in [3.05, 3.63) is 95.8 Å². The Hall–Kier alpha value is -4.17. The van der Waals surface area contributed by atoms with Crippen LogP contribution in [-0.2, 0) is 0 Å². The predicted octanol–water partition coefficient (Wildman–Crippen LogP) is 5.15. The summed E-state index contributed by atoms with van der Waals surface area (Å²) in [5, 5.41) is 17.2. The fourth-order valence-electron chi connectivity index (χ4n) is 3.65. The van der Waals surface area contributed by atoms with E-state index in [9.17, 15) is 9.18 Å². The van der Waals surface area contributed by atoms with Crippen molar-refractivity contribution in [3.63, 3.8) is 0 Å². The summed E-state index contributed by atoms with van der Waals surface area (Å²) in [5.74, 6) is -0.982. The largest absolute Gasteiger partial charge is 0.332 e. The van der Waals surface area contributed by atoms with E-state index in [1.54, 1.807) is 4.80 Å². The fraction of sp³-hybridized carbons (Fsp3) is 0.0400. The number of aryl methyl sites for hydroxylation is 1. The standard InChI is InChI=1S/C25H18FN5OS/c1-15-12-21-22(30-31(29-21)23-11-5-7-16-6-2-3-10-19(16)23)14-20(15)27-25(33)28-24(32)17-8-4-9-18(26)13-17/h2-14H,1H3,(H2,27,28,32,33). The van der Waals surface area contributed by atoms with Crippen molar-refractivity contribution < 1.29 is 9.18 Å². The summed E-state index contributed by atoms with van der Waals surface area (Å²) in [4.78, 5) is 14.0. The number of carbonyl (C=O) groups excluding carboxylic acids is 1. The number of anilines is 1. The number of hydrogen-bond donors (Lipinski definition) is 2. The Morgan fingerprint density at radius 3 is 2.48 bits per heavy atom. The molecule has 0 radical (unpaired) electrons. The van der Waals surface area contributed by atoms with Crippen LogP contribution in [0.5, 0.6) is 0 Å². The number of aromatic nitrogens is 3. The molecule has 0 aliphatic heterocycles. The predicted molar refractivity (Wildman–Crippen MR) is 131 cm³/mol. The van der Waals surface area contributed by atoms with E-state index in [0.29, 0.717) is 11.2 Å². The van der Waals surface area contributed by atoms with E-state index >= 15 is 0 Å². The lowest BCUT2D eigenvalue weighted by Gasteiger charge is -2.11. The zero-order valence-electron chi connectivity index (χ0n) is 17.5. The zero-order chi connectivity index (χ0) is 22.9. The van der Waals surface area contributed by atoms with Gasteiger partial charge in [0.05, 0.1) is 5.69 Å². The molecule has 0 aliphatic carbocycles. The highest BCUT2D eigenvalue weighted by atomic mass is 32.1. The molecule has 6 nitrogen and oxygen atoms in total. The van der Waals surface area contributed by atoms with Gasteiger partial charge in [-0.3, -0.25) is 10.1 Å². The summed E-state index contributed by atoms with van der Waals surface area (Å²) < 4.78 is 13.4. The highest BCUT2D eigenvalue weighted by molar-refractivity contribution is 7.80. The van der Waals surface area contributed by atoms with Gasteiger partial charge in [0.2, 0.25) is 0 Å². The Morgan fingerprint density at radius 1 is 0.939 bits per heavy atom. The molecule has 0 fully saturated rings. The van der Waals surface area contributed by atoms with E-state index in [-0.39, 0.29) is 10.7 Å². The number of carbonyl (C=O) groups is 1. The number of nitrogens with one attached hydrogen (secondary N) is 2. The average molecular weight is 456 g/mol. The second kappa shape index (κ2) is 8.40. The Bertz CT molecular complexity index is 1540. The van der Waals surface area contributed by atoms with Gasteiger partial charge < -0.3 is 5.32 Å². The quantitative estimate of drug-likeness (QED) is 0.368. The van der Waals surface area contributed by atoms with Crippen LogP contribution in [0.25, 0.3) is 27.5 Å². The smallest absolute Gasteiger partial charge is 0.257 e. The molecule has 5 aromatic rings. The van der Waals surface area contributed by atoms with Crippen molar-refractivity contribution in [1.82, 2.24) is 20.3 Å². The summed E-state index contributed by atoms with van der Waals surface area (Å²) in [6, 6.07) is 23.2. The topological polar surface area (TPSA) is 71.8 Å². The summed E-state index contributed by atoms with van der Waals surface area (Å²) in [7, 11) is 0. The Labute approximate surface area is 194 Å². The van der Waals surface area contributed by atoms with Crippen LogP contribution < -0.4 is 10.6 Å². The summed E-state index contributed by atoms with van der Waals surface area (Å²) in [5.41, 5.74) is 4.06. The Balaban J connectivity index is 1.41. The molecule has 0 saturated heterocycles. The number of halogens is 1. The van der Waals surface area contributed by atoms with Crippen molar-refractivity contribution >= 4 is 50.7 Å². The third kappa shape index (κ3) is 4.16. The molecule has 33 heavy (non-hydrogen) atoms. The maximum Gasteiger partial charge on any atom is 0.257 e. The van der Waals surface area contributed by atoms with E-state index < -0.39 is 11.7 Å². The zero-order valence-corrected chi connectivity index (χ0v) is 18.4. The van der Waals surface area contributed by atoms with Crippen molar-refractivity contribution in [2.75, 3.05) is 5.32 Å². The number of thiocarbonyl (C=S) groups is 1. The van der Waals surface area contributed by atoms with E-state index in [2.05, 4.69) is 20.8 Å². The highest BCUT2D eigenvalue weighted by Gasteiger charge is 2.13. The minimum Gasteiger partial charge on any atom is -0.332 e. The van der Waals surface area contributed by atoms with E-state index in [4.69, 9.17) is 12.2 Å². The van der Waals surface area contributed by atoms with Gasteiger partial charge in [-0.2, -0.15) is 0 Å². The molecule has 2 N–H and O–H groups in total. The van der Waals surface area contributed by atoms with Crippen LogP contribution in [0.3, 0.4) is 0 Å². The normalized spacial score (nSPS) is 11.0. The lowest BCUT2D eigenvalue weighted by molar-refractivity contribution is 0.0977. The molecule has 1 aromatic heterocycles. The molecule has 162 valence electrons. The Morgan fingerprint density at radius 2 is 1.67 bits per heavy atom. The first-order valence-corrected chi connectivity index (χ1v) is 10.6. The van der Waals surface area contributed by atoms with Gasteiger partial charge in [0, 0.05) is 16.6 Å². The summed E-state index contributed by atoms with van der Waals surface area (Å²) >= 11 is 5.28. The lowest BCUT2D eigenvalue weighted by Crippen LogP contribution is -2.34. The molecular formula is C25H18FN5OS. The molecule has 0 aliphatic rings. The van der Waals surface area contributed by atoms with Crippen molar-refractivity contribution in [2.24, 2.45) is 0 Å². The molecule has 0 spiro atoms. The molecule has 4 aromatic carbocycles. The maximum atomic E-state index is 13.4. The van der Waals surface area contributed by atoms with Crippen LogP contribution in [0.15, 0.2) is 78.9 Å². The molecule has 5 rings (SSSR count). The van der Waals surface area contributed by atoms with E-state index in [1.165, 1.54) is 18.2 Å². The first kappa shape index (κ1) is 20.7. The SMILES string of the molecule is Cc1cc2nn(-c3cccc4ccccc34)nc2cc1NC(=S)NC(=O)c1cccc(F)c1. The number of hydrogen-bond acceptors (Lipinski definition) is 4. The maximum absolute atomic E-state index is 13.4. The van der Waals surface area contributed by atoms with Crippen LogP contribution >= 0.6 is 12.2 Å². The van der Waals surface area contributed by atoms with Crippen LogP contribution in [0.2, 0.25) is 0 Å². The van der Waals surface area contributed by atoms with Gasteiger partial charge in [-0.15, -0.1) is 15.0 Å². The Kier molecular flexibility index (Phi) is 5.27. The van der Waals surface area contributed by atoms with Gasteiger partial charge in [-0.05, 0) is 66.5 Å². The molecule has 8 heteroatoms. The first-order chi connectivity index (χ1) is 16.0. The molecule has 0 unspecified atom stereocenters. The van der Waals surface area contributed by atoms with Crippen LogP contribution in [0.1, 0.15) is 15.9 Å². The second-order valence-corrected chi connectivity index (χ2v) is 7.97. The number of amides is 1. The molecule has 1 heterocycles. The summed E-state index contributed by atoms with van der Waals surface area (Å²) in [6.45, 7) is 1.91. The molecule has 1 amide bonds. The minimum atomic E-state index is -0.493. The van der Waals surface area contributed by atoms with Crippen LogP contribution in [0, 0.1) is 12.7 Å².